The summed E-state index contributed by atoms with van der Waals surface area (Å²) < 4.78 is 12.3. The summed E-state index contributed by atoms with van der Waals surface area (Å²) >= 11 is 2.17. The minimum absolute atomic E-state index is 0.0309. The van der Waals surface area contributed by atoms with Gasteiger partial charge in [-0.1, -0.05) is 48.5 Å². The van der Waals surface area contributed by atoms with Crippen LogP contribution in [0.25, 0.3) is 0 Å². The topological polar surface area (TPSA) is 89.0 Å². The van der Waals surface area contributed by atoms with Gasteiger partial charge >= 0.3 is 0 Å². The molecule has 0 bridgehead atoms. The van der Waals surface area contributed by atoms with E-state index in [0.29, 0.717) is 23.8 Å². The molecule has 8 heteroatoms. The summed E-state index contributed by atoms with van der Waals surface area (Å²) in [5, 5.41) is 6.73. The predicted octanol–water partition coefficient (Wildman–Crippen LogP) is 4.75. The van der Waals surface area contributed by atoms with E-state index in [1.165, 1.54) is 6.21 Å². The number of hydrazone groups is 1. The molecule has 0 aliphatic rings. The second-order valence-electron chi connectivity index (χ2n) is 7.02. The second kappa shape index (κ2) is 12.6. The van der Waals surface area contributed by atoms with E-state index in [4.69, 9.17) is 9.47 Å². The van der Waals surface area contributed by atoms with Gasteiger partial charge in [0.15, 0.2) is 11.5 Å². The molecule has 0 radical (unpaired) electrons. The van der Waals surface area contributed by atoms with E-state index in [2.05, 4.69) is 38.4 Å². The van der Waals surface area contributed by atoms with Crippen LogP contribution in [0, 0.1) is 3.57 Å². The number of amides is 2. The average Bonchev–Trinajstić information content (AvgIpc) is 2.83. The largest absolute Gasteiger partial charge is 0.493 e. The lowest BCUT2D eigenvalue weighted by molar-refractivity contribution is -0.124. The van der Waals surface area contributed by atoms with Gasteiger partial charge in [0.25, 0.3) is 0 Å². The molecule has 3 aromatic carbocycles. The van der Waals surface area contributed by atoms with E-state index in [1.54, 1.807) is 25.3 Å². The molecule has 7 nitrogen and oxygen atoms in total. The average molecular weight is 557 g/mol. The first-order valence-corrected chi connectivity index (χ1v) is 11.3. The van der Waals surface area contributed by atoms with E-state index in [1.807, 2.05) is 54.6 Å². The molecule has 0 aliphatic carbocycles. The molecule has 2 amide bonds. The Hall–Kier alpha value is -3.40. The number of para-hydroxylation sites is 1. The Labute approximate surface area is 206 Å². The summed E-state index contributed by atoms with van der Waals surface area (Å²) in [5.41, 5.74) is 4.94. The number of hydrogen-bond donors (Lipinski definition) is 2. The monoisotopic (exact) mass is 557 g/mol. The maximum absolute atomic E-state index is 12.0. The highest BCUT2D eigenvalue weighted by Gasteiger charge is 2.12. The first kappa shape index (κ1) is 24.2. The third-order valence-corrected chi connectivity index (χ3v) is 5.32. The van der Waals surface area contributed by atoms with E-state index < -0.39 is 0 Å². The highest BCUT2D eigenvalue weighted by atomic mass is 127. The van der Waals surface area contributed by atoms with Gasteiger partial charge in [0.05, 0.1) is 16.9 Å². The predicted molar refractivity (Wildman–Crippen MR) is 137 cm³/mol. The Morgan fingerprint density at radius 2 is 1.64 bits per heavy atom. The zero-order valence-corrected chi connectivity index (χ0v) is 20.2. The molecule has 3 rings (SSSR count). The number of methoxy groups -OCH3 is 1. The molecule has 0 heterocycles. The second-order valence-corrected chi connectivity index (χ2v) is 8.18. The fourth-order valence-electron chi connectivity index (χ4n) is 2.89. The van der Waals surface area contributed by atoms with Crippen LogP contribution in [0.5, 0.6) is 11.5 Å². The molecule has 0 fully saturated rings. The van der Waals surface area contributed by atoms with Crippen molar-refractivity contribution >= 4 is 46.3 Å². The van der Waals surface area contributed by atoms with E-state index >= 15 is 0 Å². The van der Waals surface area contributed by atoms with Crippen molar-refractivity contribution in [3.05, 3.63) is 87.5 Å². The molecule has 0 atom stereocenters. The van der Waals surface area contributed by atoms with Gasteiger partial charge in [-0.05, 0) is 58.0 Å². The van der Waals surface area contributed by atoms with Crippen molar-refractivity contribution < 1.29 is 19.1 Å². The van der Waals surface area contributed by atoms with Crippen molar-refractivity contribution in [2.24, 2.45) is 5.10 Å². The zero-order valence-electron chi connectivity index (χ0n) is 18.1. The van der Waals surface area contributed by atoms with Crippen LogP contribution in [0.3, 0.4) is 0 Å². The first-order valence-electron chi connectivity index (χ1n) is 10.3. The van der Waals surface area contributed by atoms with Gasteiger partial charge in [0, 0.05) is 18.5 Å². The van der Waals surface area contributed by atoms with Crippen LogP contribution in [0.1, 0.15) is 24.0 Å². The molecule has 2 N–H and O–H groups in total. The Bertz CT molecular complexity index is 1110. The van der Waals surface area contributed by atoms with E-state index in [-0.39, 0.29) is 24.7 Å². The van der Waals surface area contributed by atoms with Crippen LogP contribution >= 0.6 is 22.6 Å². The molecular formula is C25H24IN3O4. The number of ether oxygens (including phenoxy) is 2. The van der Waals surface area contributed by atoms with E-state index in [0.717, 1.165) is 14.7 Å². The van der Waals surface area contributed by atoms with Crippen LogP contribution in [-0.2, 0) is 16.2 Å². The van der Waals surface area contributed by atoms with Gasteiger partial charge in [-0.25, -0.2) is 5.43 Å². The quantitative estimate of drug-likeness (QED) is 0.214. The van der Waals surface area contributed by atoms with E-state index in [9.17, 15) is 9.59 Å². The minimum Gasteiger partial charge on any atom is -0.493 e. The smallest absolute Gasteiger partial charge is 0.240 e. The summed E-state index contributed by atoms with van der Waals surface area (Å²) in [7, 11) is 1.57. The lowest BCUT2D eigenvalue weighted by Crippen LogP contribution is -2.20. The molecule has 170 valence electrons. The van der Waals surface area contributed by atoms with Crippen molar-refractivity contribution in [1.82, 2.24) is 5.43 Å². The summed E-state index contributed by atoms with van der Waals surface area (Å²) in [4.78, 5) is 23.9. The molecule has 3 aromatic rings. The van der Waals surface area contributed by atoms with Crippen LogP contribution in [0.4, 0.5) is 5.69 Å². The lowest BCUT2D eigenvalue weighted by atomic mass is 10.2. The van der Waals surface area contributed by atoms with Gasteiger partial charge in [0.2, 0.25) is 11.8 Å². The first-order chi connectivity index (χ1) is 16.0. The van der Waals surface area contributed by atoms with Crippen molar-refractivity contribution in [2.45, 2.75) is 19.4 Å². The van der Waals surface area contributed by atoms with Gasteiger partial charge in [0.1, 0.15) is 6.61 Å². The number of hydrogen-bond acceptors (Lipinski definition) is 5. The molecule has 33 heavy (non-hydrogen) atoms. The van der Waals surface area contributed by atoms with Crippen LogP contribution < -0.4 is 20.2 Å². The van der Waals surface area contributed by atoms with Crippen LogP contribution in [0.15, 0.2) is 77.9 Å². The summed E-state index contributed by atoms with van der Waals surface area (Å²) in [6.45, 7) is 0.425. The number of anilines is 1. The summed E-state index contributed by atoms with van der Waals surface area (Å²) in [6, 6.07) is 22.6. The molecule has 0 aliphatic heterocycles. The lowest BCUT2D eigenvalue weighted by Gasteiger charge is -2.13. The molecule has 0 unspecified atom stereocenters. The number of carbonyl (C=O) groups excluding carboxylic acids is 2. The highest BCUT2D eigenvalue weighted by Crippen LogP contribution is 2.34. The third-order valence-electron chi connectivity index (χ3n) is 4.52. The molecular weight excluding hydrogens is 533 g/mol. The Balaban J connectivity index is 1.51. The SMILES string of the molecule is COc1cc(C=NNC(=O)CCC(=O)Nc2ccccc2)cc(I)c1OCc1ccccc1. The van der Waals surface area contributed by atoms with Crippen LogP contribution in [0.2, 0.25) is 0 Å². The zero-order chi connectivity index (χ0) is 23.5. The normalized spacial score (nSPS) is 10.6. The Kier molecular flexibility index (Phi) is 9.25. The fourth-order valence-corrected chi connectivity index (χ4v) is 3.67. The molecule has 0 aromatic heterocycles. The minimum atomic E-state index is -0.348. The van der Waals surface area contributed by atoms with Gasteiger partial charge in [-0.2, -0.15) is 5.10 Å². The molecule has 0 saturated heterocycles. The molecule has 0 saturated carbocycles. The Morgan fingerprint density at radius 3 is 2.33 bits per heavy atom. The van der Waals surface area contributed by atoms with Gasteiger partial charge in [-0.3, -0.25) is 9.59 Å². The van der Waals surface area contributed by atoms with Crippen molar-refractivity contribution in [1.29, 1.82) is 0 Å². The van der Waals surface area contributed by atoms with Crippen molar-refractivity contribution in [2.75, 3.05) is 12.4 Å². The number of halogens is 1. The maximum atomic E-state index is 12.0. The Morgan fingerprint density at radius 1 is 0.970 bits per heavy atom. The number of rotatable bonds is 10. The number of nitrogens with zero attached hydrogens (tertiary/aromatic N) is 1. The number of nitrogens with one attached hydrogen (secondary N) is 2. The van der Waals surface area contributed by atoms with Crippen molar-refractivity contribution in [3.8, 4) is 11.5 Å². The number of benzene rings is 3. The summed E-state index contributed by atoms with van der Waals surface area (Å²) in [5.74, 6) is 0.639. The highest BCUT2D eigenvalue weighted by molar-refractivity contribution is 14.1. The standard InChI is InChI=1S/C25H24IN3O4/c1-32-22-15-19(14-21(26)25(22)33-17-18-8-4-2-5-9-18)16-27-29-24(31)13-12-23(30)28-20-10-6-3-7-11-20/h2-11,14-16H,12-13,17H2,1H3,(H,28,30)(H,29,31). The van der Waals surface area contributed by atoms with Crippen molar-refractivity contribution in [3.63, 3.8) is 0 Å². The molecule has 0 spiro atoms. The fraction of sp³-hybridized carbons (Fsp3) is 0.160. The third kappa shape index (κ3) is 7.90. The maximum Gasteiger partial charge on any atom is 0.240 e. The van der Waals surface area contributed by atoms with Crippen LogP contribution in [-0.4, -0.2) is 25.1 Å². The van der Waals surface area contributed by atoms with Gasteiger partial charge in [-0.15, -0.1) is 0 Å². The van der Waals surface area contributed by atoms with Gasteiger partial charge < -0.3 is 14.8 Å². The number of carbonyl (C=O) groups is 2. The summed E-state index contributed by atoms with van der Waals surface area (Å²) in [6.07, 6.45) is 1.62.